The van der Waals surface area contributed by atoms with Gasteiger partial charge in [-0.1, -0.05) is 18.2 Å². The van der Waals surface area contributed by atoms with Gasteiger partial charge < -0.3 is 15.2 Å². The molecular weight excluding hydrogens is 430 g/mol. The molecule has 3 aliphatic heterocycles. The predicted molar refractivity (Wildman–Crippen MR) is 122 cm³/mol. The first-order valence-electron chi connectivity index (χ1n) is 11.6. The Bertz CT molecular complexity index is 916. The number of benzene rings is 1. The van der Waals surface area contributed by atoms with E-state index in [1.807, 2.05) is 0 Å². The highest BCUT2D eigenvalue weighted by atomic mass is 32.2. The van der Waals surface area contributed by atoms with E-state index < -0.39 is 20.7 Å². The molecule has 0 radical (unpaired) electrons. The standard InChI is InChI=1S/C23H35N3O5S/c1-18-16-20(2-3-21(18)17-25-10-14-31-15-11-25)19-4-8-26(9-5-19)32(28,29)23(22(24)27)6-12-30-13-7-23/h2-3,16,19H,4-15,17H2,1H3,(H2,24,27). The summed E-state index contributed by atoms with van der Waals surface area (Å²) in [5, 5.41) is 0. The molecule has 3 aliphatic rings. The van der Waals surface area contributed by atoms with E-state index >= 15 is 0 Å². The molecule has 3 saturated heterocycles. The third kappa shape index (κ3) is 4.59. The number of carbonyl (C=O) groups is 1. The van der Waals surface area contributed by atoms with Gasteiger partial charge in [0.25, 0.3) is 0 Å². The van der Waals surface area contributed by atoms with Crippen molar-refractivity contribution in [3.8, 4) is 0 Å². The summed E-state index contributed by atoms with van der Waals surface area (Å²) in [5.74, 6) is -0.439. The summed E-state index contributed by atoms with van der Waals surface area (Å²) in [7, 11) is -3.82. The van der Waals surface area contributed by atoms with Crippen LogP contribution in [0.2, 0.25) is 0 Å². The fourth-order valence-electron chi connectivity index (χ4n) is 5.16. The Labute approximate surface area is 191 Å². The number of piperidine rings is 1. The van der Waals surface area contributed by atoms with Crippen LogP contribution in [0.15, 0.2) is 18.2 Å². The fourth-order valence-corrected chi connectivity index (χ4v) is 7.28. The van der Waals surface area contributed by atoms with E-state index in [-0.39, 0.29) is 26.1 Å². The molecule has 4 rings (SSSR count). The first kappa shape index (κ1) is 23.6. The van der Waals surface area contributed by atoms with Crippen molar-refractivity contribution >= 4 is 15.9 Å². The minimum Gasteiger partial charge on any atom is -0.381 e. The Kier molecular flexibility index (Phi) is 7.21. The van der Waals surface area contributed by atoms with Crippen LogP contribution in [0, 0.1) is 6.92 Å². The largest absolute Gasteiger partial charge is 0.381 e. The van der Waals surface area contributed by atoms with Crippen LogP contribution in [0.1, 0.15) is 48.3 Å². The number of sulfonamides is 1. The highest BCUT2D eigenvalue weighted by Gasteiger charge is 2.53. The molecule has 9 heteroatoms. The van der Waals surface area contributed by atoms with Crippen molar-refractivity contribution in [2.45, 2.75) is 49.8 Å². The Hall–Kier alpha value is -1.52. The van der Waals surface area contributed by atoms with Crippen LogP contribution >= 0.6 is 0 Å². The maximum Gasteiger partial charge on any atom is 0.240 e. The topological polar surface area (TPSA) is 102 Å². The summed E-state index contributed by atoms with van der Waals surface area (Å²) in [6, 6.07) is 6.67. The van der Waals surface area contributed by atoms with Crippen LogP contribution < -0.4 is 5.73 Å². The maximum absolute atomic E-state index is 13.4. The van der Waals surface area contributed by atoms with Gasteiger partial charge in [-0.05, 0) is 42.4 Å². The van der Waals surface area contributed by atoms with E-state index in [0.29, 0.717) is 19.0 Å². The summed E-state index contributed by atoms with van der Waals surface area (Å²) in [4.78, 5) is 14.6. The van der Waals surface area contributed by atoms with Crippen LogP contribution in [0.25, 0.3) is 0 Å². The monoisotopic (exact) mass is 465 g/mol. The Morgan fingerprint density at radius 2 is 1.69 bits per heavy atom. The first-order valence-corrected chi connectivity index (χ1v) is 13.0. The molecule has 3 heterocycles. The summed E-state index contributed by atoms with van der Waals surface area (Å²) in [5.41, 5.74) is 9.47. The van der Waals surface area contributed by atoms with Gasteiger partial charge in [-0.15, -0.1) is 0 Å². The van der Waals surface area contributed by atoms with E-state index in [1.165, 1.54) is 21.0 Å². The summed E-state index contributed by atoms with van der Waals surface area (Å²) >= 11 is 0. The second-order valence-corrected chi connectivity index (χ2v) is 11.5. The number of morpholine rings is 1. The number of nitrogens with zero attached hydrogens (tertiary/aromatic N) is 2. The predicted octanol–water partition coefficient (Wildman–Crippen LogP) is 1.37. The third-order valence-electron chi connectivity index (χ3n) is 7.37. The molecule has 32 heavy (non-hydrogen) atoms. The molecule has 0 aromatic heterocycles. The second-order valence-electron chi connectivity index (χ2n) is 9.22. The molecule has 1 aromatic rings. The molecule has 0 spiro atoms. The minimum absolute atomic E-state index is 0.133. The van der Waals surface area contributed by atoms with Crippen LogP contribution in [-0.2, 0) is 30.8 Å². The number of aryl methyl sites for hydroxylation is 1. The Morgan fingerprint density at radius 1 is 1.06 bits per heavy atom. The quantitative estimate of drug-likeness (QED) is 0.681. The van der Waals surface area contributed by atoms with Gasteiger partial charge in [0.05, 0.1) is 13.2 Å². The summed E-state index contributed by atoms with van der Waals surface area (Å²) < 4.78 is 37.5. The van der Waals surface area contributed by atoms with Crippen LogP contribution in [0.5, 0.6) is 0 Å². The first-order chi connectivity index (χ1) is 15.3. The summed E-state index contributed by atoms with van der Waals surface area (Å²) in [6.07, 6.45) is 1.75. The Morgan fingerprint density at radius 3 is 2.28 bits per heavy atom. The fraction of sp³-hybridized carbons (Fsp3) is 0.696. The Balaban J connectivity index is 1.41. The number of hydrogen-bond donors (Lipinski definition) is 1. The highest BCUT2D eigenvalue weighted by Crippen LogP contribution is 2.36. The van der Waals surface area contributed by atoms with E-state index in [0.717, 1.165) is 45.7 Å². The van der Waals surface area contributed by atoms with Crippen molar-refractivity contribution in [3.05, 3.63) is 34.9 Å². The number of carbonyl (C=O) groups excluding carboxylic acids is 1. The second kappa shape index (κ2) is 9.77. The lowest BCUT2D eigenvalue weighted by Crippen LogP contribution is -2.59. The zero-order valence-electron chi connectivity index (χ0n) is 18.9. The normalized spacial score (nSPS) is 23.8. The zero-order chi connectivity index (χ0) is 22.8. The van der Waals surface area contributed by atoms with Gasteiger partial charge >= 0.3 is 0 Å². The third-order valence-corrected chi connectivity index (χ3v) is 10.0. The van der Waals surface area contributed by atoms with E-state index in [4.69, 9.17) is 15.2 Å². The van der Waals surface area contributed by atoms with Gasteiger partial charge in [0.15, 0.2) is 4.75 Å². The van der Waals surface area contributed by atoms with Crippen molar-refractivity contribution in [3.63, 3.8) is 0 Å². The molecule has 8 nitrogen and oxygen atoms in total. The molecule has 178 valence electrons. The number of amides is 1. The van der Waals surface area contributed by atoms with Gasteiger partial charge in [0.1, 0.15) is 0 Å². The SMILES string of the molecule is Cc1cc(C2CCN(S(=O)(=O)C3(C(N)=O)CCOCC3)CC2)ccc1CN1CCOCC1. The smallest absolute Gasteiger partial charge is 0.240 e. The van der Waals surface area contributed by atoms with Gasteiger partial charge in [0.2, 0.25) is 15.9 Å². The average molecular weight is 466 g/mol. The lowest BCUT2D eigenvalue weighted by Gasteiger charge is -2.40. The van der Waals surface area contributed by atoms with Crippen molar-refractivity contribution in [1.82, 2.24) is 9.21 Å². The van der Waals surface area contributed by atoms with E-state index in [9.17, 15) is 13.2 Å². The van der Waals surface area contributed by atoms with Gasteiger partial charge in [-0.2, -0.15) is 0 Å². The number of ether oxygens (including phenoxy) is 2. The number of hydrogen-bond acceptors (Lipinski definition) is 6. The van der Waals surface area contributed by atoms with E-state index in [1.54, 1.807) is 0 Å². The van der Waals surface area contributed by atoms with Crippen LogP contribution in [-0.4, -0.2) is 80.9 Å². The summed E-state index contributed by atoms with van der Waals surface area (Å²) in [6.45, 7) is 7.93. The van der Waals surface area contributed by atoms with Crippen molar-refractivity contribution in [2.24, 2.45) is 5.73 Å². The van der Waals surface area contributed by atoms with Gasteiger partial charge in [-0.3, -0.25) is 9.69 Å². The molecule has 0 bridgehead atoms. The molecule has 0 aliphatic carbocycles. The lowest BCUT2D eigenvalue weighted by atomic mass is 9.88. The molecule has 0 saturated carbocycles. The van der Waals surface area contributed by atoms with Crippen LogP contribution in [0.3, 0.4) is 0 Å². The molecule has 2 N–H and O–H groups in total. The van der Waals surface area contributed by atoms with Gasteiger partial charge in [-0.25, -0.2) is 12.7 Å². The van der Waals surface area contributed by atoms with Crippen molar-refractivity contribution < 1.29 is 22.7 Å². The average Bonchev–Trinajstić information content (AvgIpc) is 2.81. The van der Waals surface area contributed by atoms with Crippen molar-refractivity contribution in [2.75, 3.05) is 52.6 Å². The molecule has 0 atom stereocenters. The molecule has 1 aromatic carbocycles. The number of primary amides is 1. The van der Waals surface area contributed by atoms with Gasteiger partial charge in [0, 0.05) is 58.8 Å². The highest BCUT2D eigenvalue weighted by molar-refractivity contribution is 7.91. The molecule has 0 unspecified atom stereocenters. The zero-order valence-corrected chi connectivity index (χ0v) is 19.7. The molecular formula is C23H35N3O5S. The minimum atomic E-state index is -3.82. The maximum atomic E-state index is 13.4. The van der Waals surface area contributed by atoms with Crippen molar-refractivity contribution in [1.29, 1.82) is 0 Å². The van der Waals surface area contributed by atoms with E-state index in [2.05, 4.69) is 30.0 Å². The number of nitrogens with two attached hydrogens (primary N) is 1. The molecule has 3 fully saturated rings. The molecule has 1 amide bonds. The number of rotatable bonds is 6. The lowest BCUT2D eigenvalue weighted by molar-refractivity contribution is -0.123. The van der Waals surface area contributed by atoms with Crippen LogP contribution in [0.4, 0.5) is 0 Å².